The largest absolute Gasteiger partial charge is 0.345 e. The van der Waals surface area contributed by atoms with E-state index in [4.69, 9.17) is 0 Å². The number of hydrogen-bond acceptors (Lipinski definition) is 3. The molecule has 32 heavy (non-hydrogen) atoms. The van der Waals surface area contributed by atoms with Gasteiger partial charge in [0.2, 0.25) is 0 Å². The first-order valence-corrected chi connectivity index (χ1v) is 11.2. The van der Waals surface area contributed by atoms with Gasteiger partial charge in [-0.1, -0.05) is 29.8 Å². The van der Waals surface area contributed by atoms with E-state index in [1.165, 1.54) is 29.8 Å². The minimum atomic E-state index is -0.271. The normalized spacial score (nSPS) is 16.4. The fourth-order valence-electron chi connectivity index (χ4n) is 4.78. The van der Waals surface area contributed by atoms with Crippen LogP contribution in [0.4, 0.5) is 8.78 Å². The highest BCUT2D eigenvalue weighted by Gasteiger charge is 2.21. The Morgan fingerprint density at radius 1 is 0.812 bits per heavy atom. The molecule has 1 saturated heterocycles. The minimum absolute atomic E-state index is 0.00463. The van der Waals surface area contributed by atoms with Crippen molar-refractivity contribution in [3.05, 3.63) is 93.2 Å². The second kappa shape index (κ2) is 8.82. The van der Waals surface area contributed by atoms with Crippen LogP contribution in [0, 0.1) is 11.6 Å². The third-order valence-corrected chi connectivity index (χ3v) is 6.49. The van der Waals surface area contributed by atoms with Crippen LogP contribution in [0.5, 0.6) is 0 Å². The first kappa shape index (κ1) is 20.8. The summed E-state index contributed by atoms with van der Waals surface area (Å²) in [5, 5.41) is 4.48. The van der Waals surface area contributed by atoms with Crippen molar-refractivity contribution in [1.82, 2.24) is 19.2 Å². The molecular weight excluding hydrogens is 410 g/mol. The molecule has 0 aliphatic carbocycles. The second-order valence-corrected chi connectivity index (χ2v) is 8.51. The van der Waals surface area contributed by atoms with Crippen LogP contribution >= 0.6 is 0 Å². The van der Waals surface area contributed by atoms with Crippen molar-refractivity contribution in [2.45, 2.75) is 38.8 Å². The predicted octanol–water partition coefficient (Wildman–Crippen LogP) is 3.87. The van der Waals surface area contributed by atoms with E-state index >= 15 is 0 Å². The van der Waals surface area contributed by atoms with E-state index in [0.29, 0.717) is 6.54 Å². The van der Waals surface area contributed by atoms with Gasteiger partial charge in [-0.25, -0.2) is 18.3 Å². The molecule has 3 aromatic rings. The van der Waals surface area contributed by atoms with Gasteiger partial charge in [0.15, 0.2) is 0 Å². The molecule has 0 N–H and O–H groups in total. The minimum Gasteiger partial charge on any atom is -0.301 e. The van der Waals surface area contributed by atoms with Crippen molar-refractivity contribution in [3.8, 4) is 0 Å². The molecule has 2 aromatic carbocycles. The average Bonchev–Trinajstić information content (AvgIpc) is 3.39. The summed E-state index contributed by atoms with van der Waals surface area (Å²) in [4.78, 5) is 14.8. The molecule has 0 bridgehead atoms. The van der Waals surface area contributed by atoms with Gasteiger partial charge in [0, 0.05) is 32.6 Å². The van der Waals surface area contributed by atoms with Gasteiger partial charge in [0.25, 0.3) is 0 Å². The van der Waals surface area contributed by atoms with Gasteiger partial charge in [-0.2, -0.15) is 5.10 Å². The summed E-state index contributed by atoms with van der Waals surface area (Å²) in [7, 11) is 0. The van der Waals surface area contributed by atoms with E-state index in [2.05, 4.69) is 10.00 Å². The van der Waals surface area contributed by atoms with Crippen LogP contribution in [0.3, 0.4) is 0 Å². The maximum Gasteiger partial charge on any atom is 0.345 e. The number of benzene rings is 2. The van der Waals surface area contributed by atoms with Gasteiger partial charge in [-0.15, -0.1) is 0 Å². The van der Waals surface area contributed by atoms with E-state index < -0.39 is 0 Å². The number of piperidine rings is 1. The lowest BCUT2D eigenvalue weighted by molar-refractivity contribution is 0.241. The molecule has 0 spiro atoms. The number of halogens is 2. The van der Waals surface area contributed by atoms with Crippen LogP contribution in [0.1, 0.15) is 36.2 Å². The van der Waals surface area contributed by atoms with E-state index in [0.717, 1.165) is 74.4 Å². The Morgan fingerprint density at radius 2 is 1.41 bits per heavy atom. The summed E-state index contributed by atoms with van der Waals surface area (Å²) in [6, 6.07) is 13.0. The summed E-state index contributed by atoms with van der Waals surface area (Å²) >= 11 is 0. The maximum atomic E-state index is 13.5. The van der Waals surface area contributed by atoms with Gasteiger partial charge in [-0.3, -0.25) is 4.57 Å². The van der Waals surface area contributed by atoms with Crippen molar-refractivity contribution in [3.63, 3.8) is 0 Å². The standard InChI is InChI=1S/C25H26F2N4O/c26-21-7-3-18(4-8-21)24(19-5-9-22(27)10-6-19)20-11-14-29(15-12-20)16-17-31-25(32)30-13-1-2-23(30)28-31/h3-10H,1-2,11-17H2. The number of likely N-dealkylation sites (tertiary alicyclic amines) is 1. The predicted molar refractivity (Wildman–Crippen MR) is 119 cm³/mol. The Morgan fingerprint density at radius 3 is 1.97 bits per heavy atom. The smallest absolute Gasteiger partial charge is 0.301 e. The Labute approximate surface area is 185 Å². The molecule has 2 aliphatic heterocycles. The highest BCUT2D eigenvalue weighted by Crippen LogP contribution is 2.32. The number of aromatic nitrogens is 3. The van der Waals surface area contributed by atoms with Gasteiger partial charge in [0.05, 0.1) is 6.54 Å². The molecule has 0 saturated carbocycles. The maximum absolute atomic E-state index is 13.5. The molecule has 0 amide bonds. The molecule has 0 atom stereocenters. The first-order valence-electron chi connectivity index (χ1n) is 11.2. The van der Waals surface area contributed by atoms with Crippen LogP contribution in [-0.2, 0) is 19.5 Å². The molecule has 166 valence electrons. The number of aryl methyl sites for hydroxylation is 1. The van der Waals surface area contributed by atoms with Crippen LogP contribution in [0.25, 0.3) is 5.57 Å². The van der Waals surface area contributed by atoms with Gasteiger partial charge in [0.1, 0.15) is 17.5 Å². The Bertz CT molecular complexity index is 1130. The third-order valence-electron chi connectivity index (χ3n) is 6.49. The number of hydrogen-bond donors (Lipinski definition) is 0. The van der Waals surface area contributed by atoms with Crippen LogP contribution in [0.15, 0.2) is 58.9 Å². The number of nitrogens with zero attached hydrogens (tertiary/aromatic N) is 4. The number of rotatable bonds is 5. The molecule has 1 fully saturated rings. The van der Waals surface area contributed by atoms with E-state index in [-0.39, 0.29) is 17.3 Å². The lowest BCUT2D eigenvalue weighted by atomic mass is 9.88. The Kier molecular flexibility index (Phi) is 5.74. The quantitative estimate of drug-likeness (QED) is 0.610. The highest BCUT2D eigenvalue weighted by molar-refractivity contribution is 5.82. The lowest BCUT2D eigenvalue weighted by Gasteiger charge is -2.30. The molecule has 1 aromatic heterocycles. The summed E-state index contributed by atoms with van der Waals surface area (Å²) in [6.45, 7) is 3.92. The fourth-order valence-corrected chi connectivity index (χ4v) is 4.78. The van der Waals surface area contributed by atoms with Crippen LogP contribution in [-0.4, -0.2) is 38.9 Å². The summed E-state index contributed by atoms with van der Waals surface area (Å²) < 4.78 is 30.4. The van der Waals surface area contributed by atoms with Crippen molar-refractivity contribution >= 4 is 5.57 Å². The van der Waals surface area contributed by atoms with Crippen molar-refractivity contribution < 1.29 is 8.78 Å². The highest BCUT2D eigenvalue weighted by atomic mass is 19.1. The molecule has 2 aliphatic rings. The first-order chi connectivity index (χ1) is 15.6. The summed E-state index contributed by atoms with van der Waals surface area (Å²) in [5.41, 5.74) is 4.25. The zero-order valence-corrected chi connectivity index (χ0v) is 17.9. The molecule has 5 rings (SSSR count). The van der Waals surface area contributed by atoms with Gasteiger partial charge >= 0.3 is 5.69 Å². The summed E-state index contributed by atoms with van der Waals surface area (Å²) in [6.07, 6.45) is 3.64. The van der Waals surface area contributed by atoms with E-state index in [9.17, 15) is 13.6 Å². The topological polar surface area (TPSA) is 43.1 Å². The van der Waals surface area contributed by atoms with Crippen molar-refractivity contribution in [2.24, 2.45) is 0 Å². The van der Waals surface area contributed by atoms with E-state index in [1.807, 2.05) is 0 Å². The zero-order chi connectivity index (χ0) is 22.1. The lowest BCUT2D eigenvalue weighted by Crippen LogP contribution is -2.36. The summed E-state index contributed by atoms with van der Waals surface area (Å²) in [5.74, 6) is 0.363. The molecule has 5 nitrogen and oxygen atoms in total. The zero-order valence-electron chi connectivity index (χ0n) is 17.9. The molecule has 3 heterocycles. The molecule has 7 heteroatoms. The van der Waals surface area contributed by atoms with E-state index in [1.54, 1.807) is 33.5 Å². The molecular formula is C25H26F2N4O. The van der Waals surface area contributed by atoms with Crippen LogP contribution in [0.2, 0.25) is 0 Å². The van der Waals surface area contributed by atoms with Crippen molar-refractivity contribution in [2.75, 3.05) is 19.6 Å². The van der Waals surface area contributed by atoms with Crippen molar-refractivity contribution in [1.29, 1.82) is 0 Å². The number of fused-ring (bicyclic) bond motifs is 1. The monoisotopic (exact) mass is 436 g/mol. The Balaban J connectivity index is 1.32. The average molecular weight is 437 g/mol. The van der Waals surface area contributed by atoms with Crippen LogP contribution < -0.4 is 5.69 Å². The second-order valence-electron chi connectivity index (χ2n) is 8.51. The Hall–Kier alpha value is -3.06. The van der Waals surface area contributed by atoms with Gasteiger partial charge < -0.3 is 4.90 Å². The molecule has 0 radical (unpaired) electrons. The third kappa shape index (κ3) is 4.17. The molecule has 0 unspecified atom stereocenters. The fraction of sp³-hybridized carbons (Fsp3) is 0.360. The van der Waals surface area contributed by atoms with Gasteiger partial charge in [-0.05, 0) is 60.2 Å². The SMILES string of the molecule is O=c1n(CCN2CCC(=C(c3ccc(F)cc3)c3ccc(F)cc3)CC2)nc2n1CCC2.